The molecule has 4 aromatic carbocycles. The lowest BCUT2D eigenvalue weighted by Gasteiger charge is -2.18. The molecule has 0 aliphatic rings. The Morgan fingerprint density at radius 1 is 0.865 bits per heavy atom. The van der Waals surface area contributed by atoms with E-state index in [2.05, 4.69) is 50.2 Å². The molecule has 9 nitrogen and oxygen atoms in total. The Balaban J connectivity index is 1.28. The van der Waals surface area contributed by atoms with Crippen LogP contribution in [0.5, 0.6) is 23.0 Å². The molecule has 0 saturated heterocycles. The Labute approximate surface area is 306 Å². The minimum atomic E-state index is -4.83. The van der Waals surface area contributed by atoms with E-state index < -0.39 is 23.4 Å². The summed E-state index contributed by atoms with van der Waals surface area (Å²) in [7, 11) is 1.48. The van der Waals surface area contributed by atoms with Crippen molar-refractivity contribution in [2.45, 2.75) is 26.4 Å². The number of ether oxygens (including phenoxy) is 3. The van der Waals surface area contributed by atoms with Crippen molar-refractivity contribution in [3.8, 4) is 34.3 Å². The minimum absolute atomic E-state index is 0.0287. The van der Waals surface area contributed by atoms with Crippen LogP contribution in [-0.4, -0.2) is 59.3 Å². The van der Waals surface area contributed by atoms with Crippen LogP contribution >= 0.6 is 15.9 Å². The van der Waals surface area contributed by atoms with Crippen molar-refractivity contribution in [1.82, 2.24) is 20.1 Å². The number of amides is 1. The number of anilines is 1. The molecular formula is C39H35BrF3N5O4. The summed E-state index contributed by atoms with van der Waals surface area (Å²) in [6.45, 7) is 7.40. The zero-order valence-electron chi connectivity index (χ0n) is 28.6. The molecule has 0 fully saturated rings. The molecule has 6 rings (SSSR count). The molecular weight excluding hydrogens is 739 g/mol. The third kappa shape index (κ3) is 8.27. The van der Waals surface area contributed by atoms with E-state index in [0.29, 0.717) is 45.6 Å². The number of aromatic nitrogens is 3. The SMILES string of the molecule is CCN(CC)CCCOc1cc2nncc(Oc3ccc(NC(=O)c4cc(-c5ccccc5)nc5ccc(Br)cc45)cc3C(F)(F)F)c2cc1OC. The smallest absolute Gasteiger partial charge is 0.420 e. The summed E-state index contributed by atoms with van der Waals surface area (Å²) in [5, 5.41) is 11.7. The van der Waals surface area contributed by atoms with E-state index in [9.17, 15) is 18.0 Å². The first-order valence-electron chi connectivity index (χ1n) is 16.6. The van der Waals surface area contributed by atoms with Crippen molar-refractivity contribution in [2.75, 3.05) is 38.7 Å². The normalized spacial score (nSPS) is 11.6. The fraction of sp³-hybridized carbons (Fsp3) is 0.231. The second-order valence-corrected chi connectivity index (χ2v) is 12.7. The number of carbonyl (C=O) groups is 1. The van der Waals surface area contributed by atoms with E-state index in [1.54, 1.807) is 36.4 Å². The van der Waals surface area contributed by atoms with E-state index in [4.69, 9.17) is 19.2 Å². The number of rotatable bonds is 13. The fourth-order valence-electron chi connectivity index (χ4n) is 5.78. The van der Waals surface area contributed by atoms with Gasteiger partial charge in [-0.1, -0.05) is 60.1 Å². The highest BCUT2D eigenvalue weighted by Gasteiger charge is 2.35. The molecule has 0 aliphatic heterocycles. The van der Waals surface area contributed by atoms with E-state index in [0.717, 1.165) is 48.2 Å². The van der Waals surface area contributed by atoms with E-state index in [1.165, 1.54) is 19.4 Å². The van der Waals surface area contributed by atoms with Gasteiger partial charge in [0, 0.05) is 33.7 Å². The largest absolute Gasteiger partial charge is 0.493 e. The van der Waals surface area contributed by atoms with Crippen LogP contribution < -0.4 is 19.5 Å². The molecule has 0 spiro atoms. The van der Waals surface area contributed by atoms with Crippen LogP contribution in [0, 0.1) is 0 Å². The van der Waals surface area contributed by atoms with Gasteiger partial charge < -0.3 is 24.4 Å². The van der Waals surface area contributed by atoms with Crippen molar-refractivity contribution in [1.29, 1.82) is 0 Å². The maximum atomic E-state index is 14.5. The molecule has 2 aromatic heterocycles. The molecule has 0 radical (unpaired) electrons. The average molecular weight is 775 g/mol. The van der Waals surface area contributed by atoms with Gasteiger partial charge in [0.1, 0.15) is 16.8 Å². The van der Waals surface area contributed by atoms with E-state index in [-0.39, 0.29) is 17.0 Å². The Morgan fingerprint density at radius 3 is 2.38 bits per heavy atom. The molecule has 268 valence electrons. The number of nitrogens with one attached hydrogen (secondary N) is 1. The highest BCUT2D eigenvalue weighted by atomic mass is 79.9. The summed E-state index contributed by atoms with van der Waals surface area (Å²) < 4.78 is 61.7. The lowest BCUT2D eigenvalue weighted by molar-refractivity contribution is -0.138. The molecule has 1 amide bonds. The van der Waals surface area contributed by atoms with Crippen molar-refractivity contribution < 1.29 is 32.2 Å². The summed E-state index contributed by atoms with van der Waals surface area (Å²) in [4.78, 5) is 20.7. The predicted molar refractivity (Wildman–Crippen MR) is 198 cm³/mol. The van der Waals surface area contributed by atoms with Gasteiger partial charge in [0.15, 0.2) is 17.2 Å². The van der Waals surface area contributed by atoms with Gasteiger partial charge >= 0.3 is 6.18 Å². The average Bonchev–Trinajstić information content (AvgIpc) is 3.14. The van der Waals surface area contributed by atoms with Gasteiger partial charge in [-0.05, 0) is 68.0 Å². The molecule has 6 aromatic rings. The van der Waals surface area contributed by atoms with Gasteiger partial charge in [0.2, 0.25) is 0 Å². The summed E-state index contributed by atoms with van der Waals surface area (Å²) in [5.74, 6) is -0.260. The van der Waals surface area contributed by atoms with Gasteiger partial charge in [-0.15, -0.1) is 0 Å². The van der Waals surface area contributed by atoms with Crippen LogP contribution in [0.15, 0.2) is 95.6 Å². The van der Waals surface area contributed by atoms with Gasteiger partial charge in [0.25, 0.3) is 5.91 Å². The first kappa shape index (κ1) is 36.5. The summed E-state index contributed by atoms with van der Waals surface area (Å²) in [6.07, 6.45) is -2.80. The zero-order chi connectivity index (χ0) is 36.8. The molecule has 0 saturated carbocycles. The summed E-state index contributed by atoms with van der Waals surface area (Å²) in [5.41, 5.74) is 1.31. The molecule has 0 aliphatic carbocycles. The Morgan fingerprint density at radius 2 is 1.65 bits per heavy atom. The maximum Gasteiger partial charge on any atom is 0.420 e. The second-order valence-electron chi connectivity index (χ2n) is 11.8. The lowest BCUT2D eigenvalue weighted by atomic mass is 10.0. The molecule has 52 heavy (non-hydrogen) atoms. The lowest BCUT2D eigenvalue weighted by Crippen LogP contribution is -2.25. The van der Waals surface area contributed by atoms with Crippen LogP contribution in [0.4, 0.5) is 18.9 Å². The van der Waals surface area contributed by atoms with Crippen LogP contribution in [0.2, 0.25) is 0 Å². The van der Waals surface area contributed by atoms with Crippen LogP contribution in [0.1, 0.15) is 36.2 Å². The standard InChI is InChI=1S/C39H35BrF3N5O4/c1-4-48(5-2)16-9-17-51-36-22-33-29(21-35(36)50-3)37(23-44-47-33)52-34-15-13-26(19-30(34)39(41,42)43)45-38(49)28-20-32(24-10-7-6-8-11-24)46-31-14-12-25(40)18-27(28)31/h6-8,10-15,18-23H,4-5,9,16-17H2,1-3H3,(H,45,49). The van der Waals surface area contributed by atoms with E-state index in [1.807, 2.05) is 30.3 Å². The van der Waals surface area contributed by atoms with Crippen molar-refractivity contribution in [2.24, 2.45) is 0 Å². The second kappa shape index (κ2) is 16.0. The van der Waals surface area contributed by atoms with Gasteiger partial charge in [-0.3, -0.25) is 4.79 Å². The van der Waals surface area contributed by atoms with Crippen LogP contribution in [0.25, 0.3) is 33.1 Å². The summed E-state index contributed by atoms with van der Waals surface area (Å²) >= 11 is 3.44. The fourth-order valence-corrected chi connectivity index (χ4v) is 6.15. The number of nitrogens with zero attached hydrogens (tertiary/aromatic N) is 4. The number of fused-ring (bicyclic) bond motifs is 2. The van der Waals surface area contributed by atoms with Gasteiger partial charge in [-0.25, -0.2) is 4.98 Å². The molecule has 13 heteroatoms. The first-order chi connectivity index (χ1) is 25.1. The third-order valence-corrected chi connectivity index (χ3v) is 9.00. The Hall–Kier alpha value is -5.27. The van der Waals surface area contributed by atoms with Crippen LogP contribution in [-0.2, 0) is 6.18 Å². The van der Waals surface area contributed by atoms with Crippen molar-refractivity contribution >= 4 is 49.3 Å². The third-order valence-electron chi connectivity index (χ3n) is 8.51. The Kier molecular flexibility index (Phi) is 11.2. The number of benzene rings is 4. The zero-order valence-corrected chi connectivity index (χ0v) is 30.2. The maximum absolute atomic E-state index is 14.5. The molecule has 0 unspecified atom stereocenters. The number of hydrogen-bond donors (Lipinski definition) is 1. The molecule has 0 atom stereocenters. The number of carbonyl (C=O) groups excluding carboxylic acids is 1. The number of alkyl halides is 3. The molecule has 2 heterocycles. The monoisotopic (exact) mass is 773 g/mol. The molecule has 0 bridgehead atoms. The summed E-state index contributed by atoms with van der Waals surface area (Å²) in [6, 6.07) is 22.8. The quantitative estimate of drug-likeness (QED) is 0.116. The highest BCUT2D eigenvalue weighted by molar-refractivity contribution is 9.10. The van der Waals surface area contributed by atoms with E-state index >= 15 is 0 Å². The first-order valence-corrected chi connectivity index (χ1v) is 17.4. The number of pyridine rings is 1. The topological polar surface area (TPSA) is 98.7 Å². The van der Waals surface area contributed by atoms with Crippen molar-refractivity contribution in [3.05, 3.63) is 107 Å². The predicted octanol–water partition coefficient (Wildman–Crippen LogP) is 9.79. The number of methoxy groups -OCH3 is 1. The van der Waals surface area contributed by atoms with Gasteiger partial charge in [0.05, 0.1) is 42.1 Å². The van der Waals surface area contributed by atoms with Gasteiger partial charge in [-0.2, -0.15) is 23.4 Å². The van der Waals surface area contributed by atoms with Crippen molar-refractivity contribution in [3.63, 3.8) is 0 Å². The van der Waals surface area contributed by atoms with Crippen LogP contribution in [0.3, 0.4) is 0 Å². The highest BCUT2D eigenvalue weighted by Crippen LogP contribution is 2.42. The number of halogens is 4. The Bertz CT molecular complexity index is 2220. The molecule has 1 N–H and O–H groups in total. The minimum Gasteiger partial charge on any atom is -0.493 e. The number of hydrogen-bond acceptors (Lipinski definition) is 8.